The van der Waals surface area contributed by atoms with Gasteiger partial charge in [-0.05, 0) is 18.1 Å². The van der Waals surface area contributed by atoms with Crippen LogP contribution < -0.4 is 10.9 Å². The molecule has 0 saturated carbocycles. The van der Waals surface area contributed by atoms with Crippen LogP contribution in [0.4, 0.5) is 0 Å². The van der Waals surface area contributed by atoms with E-state index >= 15 is 0 Å². The summed E-state index contributed by atoms with van der Waals surface area (Å²) >= 11 is 0. The summed E-state index contributed by atoms with van der Waals surface area (Å²) in [6.07, 6.45) is 2.59. The highest BCUT2D eigenvalue weighted by atomic mass is 16.1. The lowest BCUT2D eigenvalue weighted by molar-refractivity contribution is 0.757. The van der Waals surface area contributed by atoms with E-state index in [0.717, 1.165) is 28.9 Å². The number of hydrogen-bond donors (Lipinski definition) is 2. The Bertz CT molecular complexity index is 648. The van der Waals surface area contributed by atoms with Gasteiger partial charge < -0.3 is 10.3 Å². The lowest BCUT2D eigenvalue weighted by Gasteiger charge is -2.06. The van der Waals surface area contributed by atoms with Crippen molar-refractivity contribution >= 4 is 0 Å². The highest BCUT2D eigenvalue weighted by Gasteiger charge is 2.18. The molecule has 2 aromatic rings. The molecular weight excluding hydrogens is 228 g/mol. The maximum Gasteiger partial charge on any atom is 0.256 e. The Labute approximate surface area is 104 Å². The maximum absolute atomic E-state index is 11.9. The van der Waals surface area contributed by atoms with Crippen LogP contribution in [-0.4, -0.2) is 15.0 Å². The number of rotatable bonds is 2. The molecule has 2 N–H and O–H groups in total. The average molecular weight is 242 g/mol. The van der Waals surface area contributed by atoms with Crippen LogP contribution in [0.5, 0.6) is 0 Å². The van der Waals surface area contributed by atoms with Gasteiger partial charge in [0.1, 0.15) is 5.69 Å². The standard InChI is InChI=1S/C13H14N4O/c1-2-8-4-3-5-15-11(8)12-16-10-7-14-6-9(10)13(18)17-12/h3-5,14H,2,6-7H2,1H3,(H,16,17,18). The molecule has 0 fully saturated rings. The molecule has 1 aliphatic rings. The predicted octanol–water partition coefficient (Wildman–Crippen LogP) is 0.997. The van der Waals surface area contributed by atoms with Gasteiger partial charge in [-0.1, -0.05) is 13.0 Å². The monoisotopic (exact) mass is 242 g/mol. The second-order valence-electron chi connectivity index (χ2n) is 4.31. The zero-order valence-corrected chi connectivity index (χ0v) is 10.2. The van der Waals surface area contributed by atoms with Crippen LogP contribution in [-0.2, 0) is 19.5 Å². The molecule has 2 aromatic heterocycles. The van der Waals surface area contributed by atoms with Crippen LogP contribution in [0.3, 0.4) is 0 Å². The van der Waals surface area contributed by atoms with Crippen molar-refractivity contribution in [1.29, 1.82) is 0 Å². The molecule has 3 rings (SSSR count). The van der Waals surface area contributed by atoms with Crippen LogP contribution in [0, 0.1) is 0 Å². The zero-order chi connectivity index (χ0) is 12.5. The molecule has 0 unspecified atom stereocenters. The van der Waals surface area contributed by atoms with Crippen molar-refractivity contribution in [2.45, 2.75) is 26.4 Å². The summed E-state index contributed by atoms with van der Waals surface area (Å²) in [5, 5.41) is 3.13. The molecule has 0 saturated heterocycles. The minimum atomic E-state index is -0.0623. The van der Waals surface area contributed by atoms with E-state index in [2.05, 4.69) is 27.2 Å². The zero-order valence-electron chi connectivity index (χ0n) is 10.2. The Morgan fingerprint density at radius 1 is 1.39 bits per heavy atom. The first-order valence-electron chi connectivity index (χ1n) is 6.06. The van der Waals surface area contributed by atoms with Crippen LogP contribution in [0.15, 0.2) is 23.1 Å². The Hall–Kier alpha value is -2.01. The summed E-state index contributed by atoms with van der Waals surface area (Å²) in [7, 11) is 0. The van der Waals surface area contributed by atoms with Gasteiger partial charge in [0.15, 0.2) is 5.82 Å². The molecule has 92 valence electrons. The summed E-state index contributed by atoms with van der Waals surface area (Å²) in [5.74, 6) is 0.569. The minimum Gasteiger partial charge on any atom is -0.307 e. The lowest BCUT2D eigenvalue weighted by atomic mass is 10.1. The Morgan fingerprint density at radius 3 is 3.11 bits per heavy atom. The number of nitrogens with zero attached hydrogens (tertiary/aromatic N) is 2. The van der Waals surface area contributed by atoms with Crippen LogP contribution in [0.25, 0.3) is 11.5 Å². The van der Waals surface area contributed by atoms with Crippen molar-refractivity contribution in [3.8, 4) is 11.5 Å². The number of aromatic amines is 1. The molecule has 1 aliphatic heterocycles. The van der Waals surface area contributed by atoms with Gasteiger partial charge >= 0.3 is 0 Å². The summed E-state index contributed by atoms with van der Waals surface area (Å²) in [6.45, 7) is 3.31. The lowest BCUT2D eigenvalue weighted by Crippen LogP contribution is -2.16. The molecule has 5 nitrogen and oxygen atoms in total. The minimum absolute atomic E-state index is 0.0623. The number of H-pyrrole nitrogens is 1. The van der Waals surface area contributed by atoms with E-state index in [9.17, 15) is 4.79 Å². The normalized spacial score (nSPS) is 13.6. The number of fused-ring (bicyclic) bond motifs is 1. The van der Waals surface area contributed by atoms with Crippen LogP contribution in [0.2, 0.25) is 0 Å². The van der Waals surface area contributed by atoms with Gasteiger partial charge in [0.25, 0.3) is 5.56 Å². The van der Waals surface area contributed by atoms with E-state index in [4.69, 9.17) is 0 Å². The fourth-order valence-corrected chi connectivity index (χ4v) is 2.23. The Morgan fingerprint density at radius 2 is 2.28 bits per heavy atom. The van der Waals surface area contributed by atoms with E-state index < -0.39 is 0 Å². The van der Waals surface area contributed by atoms with Crippen molar-refractivity contribution < 1.29 is 0 Å². The predicted molar refractivity (Wildman–Crippen MR) is 68.0 cm³/mol. The summed E-state index contributed by atoms with van der Waals surface area (Å²) in [5.41, 5.74) is 3.38. The van der Waals surface area contributed by atoms with E-state index in [0.29, 0.717) is 18.9 Å². The molecule has 0 amide bonds. The average Bonchev–Trinajstić information content (AvgIpc) is 2.87. The van der Waals surface area contributed by atoms with Gasteiger partial charge in [-0.3, -0.25) is 9.78 Å². The SMILES string of the molecule is CCc1cccnc1-c1nc2c(c(=O)[nH]1)CNC2. The highest BCUT2D eigenvalue weighted by molar-refractivity contribution is 5.55. The van der Waals surface area contributed by atoms with E-state index in [1.54, 1.807) is 6.20 Å². The number of hydrogen-bond acceptors (Lipinski definition) is 4. The van der Waals surface area contributed by atoms with Gasteiger partial charge in [-0.2, -0.15) is 0 Å². The molecular formula is C13H14N4O. The van der Waals surface area contributed by atoms with Gasteiger partial charge in [0.2, 0.25) is 0 Å². The Kier molecular flexibility index (Phi) is 2.68. The first kappa shape index (κ1) is 11.1. The second-order valence-corrected chi connectivity index (χ2v) is 4.31. The number of nitrogens with one attached hydrogen (secondary N) is 2. The molecule has 0 aliphatic carbocycles. The van der Waals surface area contributed by atoms with Crippen molar-refractivity contribution in [2.24, 2.45) is 0 Å². The van der Waals surface area contributed by atoms with Gasteiger partial charge in [0.05, 0.1) is 11.3 Å². The van der Waals surface area contributed by atoms with Crippen molar-refractivity contribution in [3.05, 3.63) is 45.5 Å². The largest absolute Gasteiger partial charge is 0.307 e. The number of aromatic nitrogens is 3. The quantitative estimate of drug-likeness (QED) is 0.824. The maximum atomic E-state index is 11.9. The van der Waals surface area contributed by atoms with E-state index in [1.165, 1.54) is 0 Å². The van der Waals surface area contributed by atoms with Crippen LogP contribution in [0.1, 0.15) is 23.7 Å². The molecule has 18 heavy (non-hydrogen) atoms. The summed E-state index contributed by atoms with van der Waals surface area (Å²) in [6, 6.07) is 3.91. The van der Waals surface area contributed by atoms with Gasteiger partial charge in [-0.15, -0.1) is 0 Å². The molecule has 0 aromatic carbocycles. The third-order valence-corrected chi connectivity index (χ3v) is 3.19. The molecule has 0 atom stereocenters. The van der Waals surface area contributed by atoms with Crippen molar-refractivity contribution in [2.75, 3.05) is 0 Å². The van der Waals surface area contributed by atoms with Crippen LogP contribution >= 0.6 is 0 Å². The second kappa shape index (κ2) is 4.34. The smallest absolute Gasteiger partial charge is 0.256 e. The van der Waals surface area contributed by atoms with Gasteiger partial charge in [0, 0.05) is 19.3 Å². The summed E-state index contributed by atoms with van der Waals surface area (Å²) in [4.78, 5) is 23.6. The molecule has 5 heteroatoms. The Balaban J connectivity index is 2.18. The number of pyridine rings is 1. The fraction of sp³-hybridized carbons (Fsp3) is 0.308. The first-order valence-corrected chi connectivity index (χ1v) is 6.06. The van der Waals surface area contributed by atoms with Crippen molar-refractivity contribution in [1.82, 2.24) is 20.3 Å². The number of aryl methyl sites for hydroxylation is 1. The van der Waals surface area contributed by atoms with Gasteiger partial charge in [-0.25, -0.2) is 4.98 Å². The topological polar surface area (TPSA) is 70.7 Å². The first-order chi connectivity index (χ1) is 8.79. The fourth-order valence-electron chi connectivity index (χ4n) is 2.23. The molecule has 0 bridgehead atoms. The van der Waals surface area contributed by atoms with E-state index in [-0.39, 0.29) is 5.56 Å². The molecule has 0 radical (unpaired) electrons. The summed E-state index contributed by atoms with van der Waals surface area (Å²) < 4.78 is 0. The van der Waals surface area contributed by atoms with E-state index in [1.807, 2.05) is 12.1 Å². The third-order valence-electron chi connectivity index (χ3n) is 3.19. The molecule has 0 spiro atoms. The van der Waals surface area contributed by atoms with Crippen molar-refractivity contribution in [3.63, 3.8) is 0 Å². The highest BCUT2D eigenvalue weighted by Crippen LogP contribution is 2.18. The molecule has 3 heterocycles. The third kappa shape index (κ3) is 1.73.